The van der Waals surface area contributed by atoms with Crippen LogP contribution in [0.15, 0.2) is 22.1 Å². The van der Waals surface area contributed by atoms with Crippen LogP contribution in [0.1, 0.15) is 6.42 Å². The van der Waals surface area contributed by atoms with Crippen molar-refractivity contribution in [1.29, 1.82) is 0 Å². The second kappa shape index (κ2) is 5.27. The highest BCUT2D eigenvalue weighted by Crippen LogP contribution is 2.18. The third-order valence-electron chi connectivity index (χ3n) is 1.04. The van der Waals surface area contributed by atoms with Gasteiger partial charge < -0.3 is 15.3 Å². The first-order chi connectivity index (χ1) is 5.99. The largest absolute Gasteiger partial charge is 0.507 e. The smallest absolute Gasteiger partial charge is 0.307 e. The summed E-state index contributed by atoms with van der Waals surface area (Å²) in [7, 11) is 0. The van der Waals surface area contributed by atoms with Crippen molar-refractivity contribution in [2.45, 2.75) is 6.42 Å². The zero-order valence-corrected chi connectivity index (χ0v) is 8.08. The van der Waals surface area contributed by atoms with Crippen LogP contribution in [0, 0.1) is 12.3 Å². The minimum absolute atomic E-state index is 0.101. The molecule has 0 atom stereocenters. The molecule has 0 rings (SSSR count). The number of aliphatic hydroxyl groups excluding tert-OH is 2. The minimum atomic E-state index is -1.09. The average Bonchev–Trinajstić information content (AvgIpc) is 2.11. The third kappa shape index (κ3) is 4.23. The van der Waals surface area contributed by atoms with Gasteiger partial charge in [-0.1, -0.05) is 0 Å². The number of aliphatic carboxylic acids is 1. The molecule has 0 spiro atoms. The first-order valence-electron chi connectivity index (χ1n) is 3.15. The van der Waals surface area contributed by atoms with Gasteiger partial charge >= 0.3 is 5.97 Å². The molecule has 0 aromatic heterocycles. The van der Waals surface area contributed by atoms with Gasteiger partial charge in [0.25, 0.3) is 0 Å². The molecule has 0 saturated heterocycles. The molecular formula is C8H7BrO4. The molecule has 70 valence electrons. The summed E-state index contributed by atoms with van der Waals surface area (Å²) in [5, 5.41) is 26.3. The average molecular weight is 247 g/mol. The molecule has 0 radical (unpaired) electrons. The standard InChI is InChI=1S/C8H7BrO4/c1-2-5(10)8(9)6(11)3-4-7(12)13/h1,3,10-11H,4H2,(H,12,13)/b6-3+,8-5-. The van der Waals surface area contributed by atoms with Crippen LogP contribution in [0.5, 0.6) is 0 Å². The van der Waals surface area contributed by atoms with Crippen LogP contribution in [-0.4, -0.2) is 21.3 Å². The van der Waals surface area contributed by atoms with Crippen molar-refractivity contribution in [2.24, 2.45) is 0 Å². The van der Waals surface area contributed by atoms with Crippen molar-refractivity contribution < 1.29 is 20.1 Å². The number of carbonyl (C=O) groups is 1. The summed E-state index contributed by atoms with van der Waals surface area (Å²) in [4.78, 5) is 10.1. The minimum Gasteiger partial charge on any atom is -0.507 e. The lowest BCUT2D eigenvalue weighted by Crippen LogP contribution is -1.93. The van der Waals surface area contributed by atoms with E-state index < -0.39 is 17.5 Å². The Labute approximate surface area is 83.3 Å². The van der Waals surface area contributed by atoms with Crippen molar-refractivity contribution >= 4 is 21.9 Å². The van der Waals surface area contributed by atoms with Gasteiger partial charge in [-0.15, -0.1) is 6.42 Å². The number of hydrogen-bond acceptors (Lipinski definition) is 3. The fraction of sp³-hybridized carbons (Fsp3) is 0.125. The molecule has 0 saturated carbocycles. The maximum atomic E-state index is 10.1. The number of carboxylic acid groups (broad SMARTS) is 1. The Kier molecular flexibility index (Phi) is 4.70. The van der Waals surface area contributed by atoms with Gasteiger partial charge in [0, 0.05) is 0 Å². The van der Waals surface area contributed by atoms with Crippen LogP contribution in [0.4, 0.5) is 0 Å². The van der Waals surface area contributed by atoms with E-state index in [2.05, 4.69) is 15.9 Å². The number of allylic oxidation sites excluding steroid dienone is 2. The molecule has 0 aromatic carbocycles. The molecule has 0 aliphatic carbocycles. The third-order valence-corrected chi connectivity index (χ3v) is 1.82. The lowest BCUT2D eigenvalue weighted by atomic mass is 10.3. The number of rotatable bonds is 3. The van der Waals surface area contributed by atoms with E-state index in [0.717, 1.165) is 6.08 Å². The van der Waals surface area contributed by atoms with E-state index in [4.69, 9.17) is 21.7 Å². The Morgan fingerprint density at radius 3 is 2.38 bits per heavy atom. The highest BCUT2D eigenvalue weighted by molar-refractivity contribution is 9.12. The quantitative estimate of drug-likeness (QED) is 0.403. The van der Waals surface area contributed by atoms with E-state index in [1.165, 1.54) is 0 Å². The molecule has 0 aliphatic heterocycles. The van der Waals surface area contributed by atoms with Gasteiger partial charge in [-0.25, -0.2) is 0 Å². The molecule has 0 amide bonds. The summed E-state index contributed by atoms with van der Waals surface area (Å²) >= 11 is 2.79. The Morgan fingerprint density at radius 2 is 2.00 bits per heavy atom. The van der Waals surface area contributed by atoms with Gasteiger partial charge in [0.2, 0.25) is 0 Å². The van der Waals surface area contributed by atoms with Crippen LogP contribution < -0.4 is 0 Å². The van der Waals surface area contributed by atoms with Gasteiger partial charge in [-0.3, -0.25) is 4.79 Å². The molecule has 0 heterocycles. The van der Waals surface area contributed by atoms with Gasteiger partial charge in [0.1, 0.15) is 10.2 Å². The van der Waals surface area contributed by atoms with Crippen molar-refractivity contribution in [3.05, 3.63) is 22.1 Å². The Balaban J connectivity index is 4.62. The highest BCUT2D eigenvalue weighted by atomic mass is 79.9. The van der Waals surface area contributed by atoms with E-state index in [1.54, 1.807) is 0 Å². The van der Waals surface area contributed by atoms with Crippen LogP contribution in [-0.2, 0) is 4.79 Å². The van der Waals surface area contributed by atoms with Crippen LogP contribution >= 0.6 is 15.9 Å². The number of terminal acetylenes is 1. The zero-order valence-electron chi connectivity index (χ0n) is 6.49. The molecule has 3 N–H and O–H groups in total. The summed E-state index contributed by atoms with van der Waals surface area (Å²) < 4.78 is -0.101. The summed E-state index contributed by atoms with van der Waals surface area (Å²) in [5.41, 5.74) is 0. The predicted molar refractivity (Wildman–Crippen MR) is 50.4 cm³/mol. The van der Waals surface area contributed by atoms with E-state index in [-0.39, 0.29) is 10.9 Å². The monoisotopic (exact) mass is 246 g/mol. The molecule has 0 fully saturated rings. The molecule has 0 unspecified atom stereocenters. The van der Waals surface area contributed by atoms with E-state index in [1.807, 2.05) is 5.92 Å². The Morgan fingerprint density at radius 1 is 1.46 bits per heavy atom. The second-order valence-electron chi connectivity index (χ2n) is 1.99. The fourth-order valence-corrected chi connectivity index (χ4v) is 0.735. The van der Waals surface area contributed by atoms with Gasteiger partial charge in [-0.05, 0) is 27.9 Å². The molecule has 0 aromatic rings. The fourth-order valence-electron chi connectivity index (χ4n) is 0.458. The van der Waals surface area contributed by atoms with Crippen molar-refractivity contribution in [3.63, 3.8) is 0 Å². The number of hydrogen-bond donors (Lipinski definition) is 3. The van der Waals surface area contributed by atoms with Gasteiger partial charge in [0.15, 0.2) is 5.76 Å². The molecule has 13 heavy (non-hydrogen) atoms. The molecular weight excluding hydrogens is 240 g/mol. The maximum Gasteiger partial charge on any atom is 0.307 e. The van der Waals surface area contributed by atoms with E-state index in [0.29, 0.717) is 0 Å². The number of halogens is 1. The van der Waals surface area contributed by atoms with Gasteiger partial charge in [-0.2, -0.15) is 0 Å². The highest BCUT2D eigenvalue weighted by Gasteiger charge is 2.05. The summed E-state index contributed by atoms with van der Waals surface area (Å²) in [6, 6.07) is 0. The molecule has 5 heteroatoms. The lowest BCUT2D eigenvalue weighted by Gasteiger charge is -1.97. The maximum absolute atomic E-state index is 10.1. The predicted octanol–water partition coefficient (Wildman–Crippen LogP) is 1.70. The van der Waals surface area contributed by atoms with Crippen molar-refractivity contribution in [1.82, 2.24) is 0 Å². The second-order valence-corrected chi connectivity index (χ2v) is 2.79. The van der Waals surface area contributed by atoms with Crippen LogP contribution in [0.3, 0.4) is 0 Å². The first kappa shape index (κ1) is 11.6. The normalized spacial score (nSPS) is 13.1. The van der Waals surface area contributed by atoms with Crippen LogP contribution in [0.2, 0.25) is 0 Å². The summed E-state index contributed by atoms with van der Waals surface area (Å²) in [6.07, 6.45) is 5.49. The molecule has 4 nitrogen and oxygen atoms in total. The molecule has 0 aliphatic rings. The SMILES string of the molecule is C#C/C(O)=C(Br)\C(O)=C/CC(=O)O. The lowest BCUT2D eigenvalue weighted by molar-refractivity contribution is -0.136. The number of aliphatic hydroxyl groups is 2. The zero-order chi connectivity index (χ0) is 10.4. The van der Waals surface area contributed by atoms with E-state index >= 15 is 0 Å². The van der Waals surface area contributed by atoms with Crippen molar-refractivity contribution in [3.8, 4) is 12.3 Å². The molecule has 0 bridgehead atoms. The summed E-state index contributed by atoms with van der Waals surface area (Å²) in [6.45, 7) is 0. The first-order valence-corrected chi connectivity index (χ1v) is 3.95. The topological polar surface area (TPSA) is 77.8 Å². The Hall–Kier alpha value is -1.41. The number of carboxylic acids is 1. The Bertz CT molecular complexity index is 309. The van der Waals surface area contributed by atoms with Crippen LogP contribution in [0.25, 0.3) is 0 Å². The van der Waals surface area contributed by atoms with Crippen molar-refractivity contribution in [2.75, 3.05) is 0 Å². The van der Waals surface area contributed by atoms with Gasteiger partial charge in [0.05, 0.1) is 6.42 Å². The van der Waals surface area contributed by atoms with E-state index in [9.17, 15) is 4.79 Å². The summed E-state index contributed by atoms with van der Waals surface area (Å²) in [5.74, 6) is -0.109.